The van der Waals surface area contributed by atoms with Gasteiger partial charge >= 0.3 is 0 Å². The zero-order valence-corrected chi connectivity index (χ0v) is 13.6. The second-order valence-corrected chi connectivity index (χ2v) is 5.92. The molecular formula is C15H19Cl2N3O. The molecule has 1 heterocycles. The number of aliphatic hydroxyl groups is 1. The summed E-state index contributed by atoms with van der Waals surface area (Å²) in [6.45, 7) is 1.47. The molecule has 0 amide bonds. The highest BCUT2D eigenvalue weighted by molar-refractivity contribution is 6.42. The molecule has 0 aliphatic rings. The maximum Gasteiger partial charge on any atom is 0.122 e. The molecule has 0 aliphatic heterocycles. The summed E-state index contributed by atoms with van der Waals surface area (Å²) in [5, 5.41) is 11.2. The van der Waals surface area contributed by atoms with Gasteiger partial charge in [0, 0.05) is 31.5 Å². The molecule has 4 nitrogen and oxygen atoms in total. The molecule has 0 bridgehead atoms. The van der Waals surface area contributed by atoms with Crippen molar-refractivity contribution in [3.63, 3.8) is 0 Å². The third-order valence-corrected chi connectivity index (χ3v) is 4.29. The van der Waals surface area contributed by atoms with E-state index >= 15 is 0 Å². The van der Waals surface area contributed by atoms with Crippen molar-refractivity contribution in [2.24, 2.45) is 7.05 Å². The summed E-state index contributed by atoms with van der Waals surface area (Å²) in [6.07, 6.45) is 3.66. The Balaban J connectivity index is 1.90. The molecule has 0 aliphatic carbocycles. The standard InChI is InChI=1S/C15H19Cl2N3O/c1-19(10-14-18-7-9-20(14)2)8-6-13(21)11-4-3-5-12(16)15(11)17/h3-5,7,9,13,21H,6,8,10H2,1-2H3. The van der Waals surface area contributed by atoms with Gasteiger partial charge in [0.2, 0.25) is 0 Å². The number of aromatic nitrogens is 2. The van der Waals surface area contributed by atoms with E-state index in [1.807, 2.05) is 24.9 Å². The van der Waals surface area contributed by atoms with Gasteiger partial charge in [0.15, 0.2) is 0 Å². The SMILES string of the molecule is CN(CCC(O)c1cccc(Cl)c1Cl)Cc1nccn1C. The molecule has 0 saturated carbocycles. The number of imidazole rings is 1. The van der Waals surface area contributed by atoms with Gasteiger partial charge < -0.3 is 9.67 Å². The number of hydrogen-bond acceptors (Lipinski definition) is 3. The van der Waals surface area contributed by atoms with Crippen LogP contribution in [0.1, 0.15) is 23.9 Å². The summed E-state index contributed by atoms with van der Waals surface area (Å²) < 4.78 is 1.99. The van der Waals surface area contributed by atoms with Crippen LogP contribution in [0.5, 0.6) is 0 Å². The van der Waals surface area contributed by atoms with Gasteiger partial charge in [-0.2, -0.15) is 0 Å². The van der Waals surface area contributed by atoms with Crippen LogP contribution in [0.2, 0.25) is 10.0 Å². The van der Waals surface area contributed by atoms with Crippen molar-refractivity contribution in [1.29, 1.82) is 0 Å². The number of halogens is 2. The van der Waals surface area contributed by atoms with Gasteiger partial charge in [-0.05, 0) is 19.5 Å². The molecule has 0 spiro atoms. The summed E-state index contributed by atoms with van der Waals surface area (Å²) in [4.78, 5) is 6.40. The van der Waals surface area contributed by atoms with Gasteiger partial charge in [0.1, 0.15) is 5.82 Å². The highest BCUT2D eigenvalue weighted by Crippen LogP contribution is 2.31. The zero-order valence-electron chi connectivity index (χ0n) is 12.1. The first-order valence-electron chi connectivity index (χ1n) is 6.75. The van der Waals surface area contributed by atoms with Crippen molar-refractivity contribution < 1.29 is 5.11 Å². The van der Waals surface area contributed by atoms with E-state index in [2.05, 4.69) is 9.88 Å². The van der Waals surface area contributed by atoms with E-state index in [1.165, 1.54) is 0 Å². The quantitative estimate of drug-likeness (QED) is 0.885. The molecule has 114 valence electrons. The number of aliphatic hydroxyl groups excluding tert-OH is 1. The third-order valence-electron chi connectivity index (χ3n) is 3.46. The number of hydrogen-bond donors (Lipinski definition) is 1. The Morgan fingerprint density at radius 3 is 2.81 bits per heavy atom. The minimum atomic E-state index is -0.625. The van der Waals surface area contributed by atoms with E-state index in [9.17, 15) is 5.11 Å². The van der Waals surface area contributed by atoms with Gasteiger partial charge in [-0.15, -0.1) is 0 Å². The highest BCUT2D eigenvalue weighted by atomic mass is 35.5. The fourth-order valence-electron chi connectivity index (χ4n) is 2.15. The smallest absolute Gasteiger partial charge is 0.122 e. The van der Waals surface area contributed by atoms with Gasteiger partial charge in [-0.25, -0.2) is 4.98 Å². The predicted molar refractivity (Wildman–Crippen MR) is 85.6 cm³/mol. The summed E-state index contributed by atoms with van der Waals surface area (Å²) in [5.74, 6) is 0.993. The Hall–Kier alpha value is -1.07. The van der Waals surface area contributed by atoms with Crippen LogP contribution in [0, 0.1) is 0 Å². The molecule has 1 N–H and O–H groups in total. The van der Waals surface area contributed by atoms with Crippen LogP contribution in [0.3, 0.4) is 0 Å². The van der Waals surface area contributed by atoms with Crippen LogP contribution in [-0.4, -0.2) is 33.1 Å². The van der Waals surface area contributed by atoms with Gasteiger partial charge in [-0.3, -0.25) is 4.90 Å². The Kier molecular flexibility index (Phi) is 5.65. The molecule has 0 saturated heterocycles. The lowest BCUT2D eigenvalue weighted by molar-refractivity contribution is 0.147. The highest BCUT2D eigenvalue weighted by Gasteiger charge is 2.14. The molecule has 6 heteroatoms. The Morgan fingerprint density at radius 1 is 1.38 bits per heavy atom. The molecule has 1 aromatic carbocycles. The summed E-state index contributed by atoms with van der Waals surface area (Å²) in [7, 11) is 3.97. The Bertz CT molecular complexity index is 600. The maximum absolute atomic E-state index is 10.3. The lowest BCUT2D eigenvalue weighted by atomic mass is 10.1. The van der Waals surface area contributed by atoms with E-state index < -0.39 is 6.10 Å². The maximum atomic E-state index is 10.3. The van der Waals surface area contributed by atoms with Crippen molar-refractivity contribution in [3.8, 4) is 0 Å². The number of nitrogens with zero attached hydrogens (tertiary/aromatic N) is 3. The Morgan fingerprint density at radius 2 is 2.14 bits per heavy atom. The monoisotopic (exact) mass is 327 g/mol. The summed E-state index contributed by atoms with van der Waals surface area (Å²) >= 11 is 12.1. The normalized spacial score (nSPS) is 12.9. The molecular weight excluding hydrogens is 309 g/mol. The molecule has 21 heavy (non-hydrogen) atoms. The second-order valence-electron chi connectivity index (χ2n) is 5.14. The fraction of sp³-hybridized carbons (Fsp3) is 0.400. The van der Waals surface area contributed by atoms with Crippen LogP contribution >= 0.6 is 23.2 Å². The first-order valence-corrected chi connectivity index (χ1v) is 7.51. The van der Waals surface area contributed by atoms with Crippen LogP contribution in [0.4, 0.5) is 0 Å². The molecule has 1 unspecified atom stereocenters. The zero-order chi connectivity index (χ0) is 15.4. The number of rotatable bonds is 6. The average molecular weight is 328 g/mol. The minimum absolute atomic E-state index is 0.429. The van der Waals surface area contributed by atoms with Gasteiger partial charge in [0.05, 0.1) is 22.7 Å². The average Bonchev–Trinajstić information content (AvgIpc) is 2.84. The molecule has 1 aromatic heterocycles. The van der Waals surface area contributed by atoms with Crippen LogP contribution in [0.15, 0.2) is 30.6 Å². The van der Waals surface area contributed by atoms with Crippen molar-refractivity contribution in [2.45, 2.75) is 19.1 Å². The number of benzene rings is 1. The molecule has 2 aromatic rings. The molecule has 1 atom stereocenters. The van der Waals surface area contributed by atoms with Gasteiger partial charge in [0.25, 0.3) is 0 Å². The molecule has 0 radical (unpaired) electrons. The first kappa shape index (κ1) is 16.3. The van der Waals surface area contributed by atoms with Gasteiger partial charge in [-0.1, -0.05) is 35.3 Å². The largest absolute Gasteiger partial charge is 0.388 e. The lowest BCUT2D eigenvalue weighted by Gasteiger charge is -2.19. The van der Waals surface area contributed by atoms with Crippen molar-refractivity contribution in [2.75, 3.05) is 13.6 Å². The van der Waals surface area contributed by atoms with E-state index in [1.54, 1.807) is 24.4 Å². The minimum Gasteiger partial charge on any atom is -0.388 e. The topological polar surface area (TPSA) is 41.3 Å². The Labute approximate surface area is 134 Å². The van der Waals surface area contributed by atoms with E-state index in [0.29, 0.717) is 22.0 Å². The first-order chi connectivity index (χ1) is 9.99. The molecule has 0 fully saturated rings. The van der Waals surface area contributed by atoms with Crippen LogP contribution < -0.4 is 0 Å². The van der Waals surface area contributed by atoms with Crippen molar-refractivity contribution in [3.05, 3.63) is 52.0 Å². The molecule has 2 rings (SSSR count). The number of aryl methyl sites for hydroxylation is 1. The van der Waals surface area contributed by atoms with E-state index in [0.717, 1.165) is 18.9 Å². The fourth-order valence-corrected chi connectivity index (χ4v) is 2.58. The predicted octanol–water partition coefficient (Wildman–Crippen LogP) is 3.28. The second kappa shape index (κ2) is 7.27. The van der Waals surface area contributed by atoms with E-state index in [4.69, 9.17) is 23.2 Å². The van der Waals surface area contributed by atoms with E-state index in [-0.39, 0.29) is 0 Å². The summed E-state index contributed by atoms with van der Waals surface area (Å²) in [6, 6.07) is 5.31. The lowest BCUT2D eigenvalue weighted by Crippen LogP contribution is -2.22. The van der Waals surface area contributed by atoms with Crippen molar-refractivity contribution >= 4 is 23.2 Å². The van der Waals surface area contributed by atoms with Crippen LogP contribution in [0.25, 0.3) is 0 Å². The van der Waals surface area contributed by atoms with Crippen molar-refractivity contribution in [1.82, 2.24) is 14.5 Å². The summed E-state index contributed by atoms with van der Waals surface area (Å²) in [5.41, 5.74) is 0.676. The third kappa shape index (κ3) is 4.20. The van der Waals surface area contributed by atoms with Crippen LogP contribution in [-0.2, 0) is 13.6 Å².